The summed E-state index contributed by atoms with van der Waals surface area (Å²) in [7, 11) is 0. The predicted molar refractivity (Wildman–Crippen MR) is 62.2 cm³/mol. The first-order valence-corrected chi connectivity index (χ1v) is 5.45. The van der Waals surface area contributed by atoms with Gasteiger partial charge in [-0.3, -0.25) is 9.59 Å². The van der Waals surface area contributed by atoms with E-state index in [1.54, 1.807) is 17.0 Å². The van der Waals surface area contributed by atoms with E-state index in [1.165, 1.54) is 6.20 Å². The summed E-state index contributed by atoms with van der Waals surface area (Å²) in [6, 6.07) is 3.32. The van der Waals surface area contributed by atoms with Crippen molar-refractivity contribution >= 4 is 17.5 Å². The van der Waals surface area contributed by atoms with Gasteiger partial charge in [-0.15, -0.1) is 0 Å². The molecule has 0 saturated carbocycles. The molecule has 90 valence electrons. The summed E-state index contributed by atoms with van der Waals surface area (Å²) >= 11 is 0. The van der Waals surface area contributed by atoms with Gasteiger partial charge >= 0.3 is 0 Å². The third-order valence-corrected chi connectivity index (χ3v) is 2.64. The van der Waals surface area contributed by atoms with Gasteiger partial charge < -0.3 is 16.0 Å². The lowest BCUT2D eigenvalue weighted by molar-refractivity contribution is -0.120. The first-order valence-electron chi connectivity index (χ1n) is 5.45. The number of nitrogens with two attached hydrogens (primary N) is 1. The van der Waals surface area contributed by atoms with E-state index in [0.717, 1.165) is 0 Å². The minimum Gasteiger partial charge on any atom is -0.397 e. The summed E-state index contributed by atoms with van der Waals surface area (Å²) in [5.41, 5.74) is 6.32. The van der Waals surface area contributed by atoms with Crippen LogP contribution in [0.15, 0.2) is 18.3 Å². The van der Waals surface area contributed by atoms with Gasteiger partial charge in [0.1, 0.15) is 0 Å². The molecule has 1 aliphatic heterocycles. The van der Waals surface area contributed by atoms with Gasteiger partial charge in [-0.2, -0.15) is 0 Å². The zero-order chi connectivity index (χ0) is 12.3. The molecule has 1 fully saturated rings. The van der Waals surface area contributed by atoms with Crippen molar-refractivity contribution in [3.05, 3.63) is 24.0 Å². The number of nitrogen functional groups attached to an aromatic ring is 1. The zero-order valence-corrected chi connectivity index (χ0v) is 9.35. The smallest absolute Gasteiger partial charge is 0.274 e. The zero-order valence-electron chi connectivity index (χ0n) is 9.35. The van der Waals surface area contributed by atoms with Crippen LogP contribution in [0.1, 0.15) is 16.9 Å². The molecule has 2 heterocycles. The number of anilines is 1. The van der Waals surface area contributed by atoms with Crippen molar-refractivity contribution in [2.24, 2.45) is 0 Å². The van der Waals surface area contributed by atoms with Crippen LogP contribution in [0.5, 0.6) is 0 Å². The van der Waals surface area contributed by atoms with E-state index in [4.69, 9.17) is 5.73 Å². The van der Waals surface area contributed by atoms with E-state index in [9.17, 15) is 9.59 Å². The molecule has 1 aromatic rings. The summed E-state index contributed by atoms with van der Waals surface area (Å²) < 4.78 is 0. The van der Waals surface area contributed by atoms with E-state index in [-0.39, 0.29) is 17.5 Å². The Kier molecular flexibility index (Phi) is 3.22. The van der Waals surface area contributed by atoms with Crippen LogP contribution < -0.4 is 11.1 Å². The maximum Gasteiger partial charge on any atom is 0.274 e. The molecule has 0 aromatic carbocycles. The summed E-state index contributed by atoms with van der Waals surface area (Å²) in [6.07, 6.45) is 1.85. The number of rotatable bonds is 1. The van der Waals surface area contributed by atoms with Crippen molar-refractivity contribution in [2.75, 3.05) is 25.4 Å². The van der Waals surface area contributed by atoms with Gasteiger partial charge in [0.15, 0.2) is 5.69 Å². The number of hydrogen-bond acceptors (Lipinski definition) is 4. The number of nitrogens with one attached hydrogen (secondary N) is 1. The van der Waals surface area contributed by atoms with Crippen molar-refractivity contribution < 1.29 is 9.59 Å². The Morgan fingerprint density at radius 1 is 1.47 bits per heavy atom. The Hall–Kier alpha value is -2.11. The predicted octanol–water partition coefficient (Wildman–Crippen LogP) is -0.374. The second-order valence-corrected chi connectivity index (χ2v) is 3.83. The molecule has 0 unspecified atom stereocenters. The van der Waals surface area contributed by atoms with Crippen LogP contribution in [0.25, 0.3) is 0 Å². The van der Waals surface area contributed by atoms with Crippen LogP contribution in [-0.4, -0.2) is 41.3 Å². The van der Waals surface area contributed by atoms with E-state index in [0.29, 0.717) is 31.7 Å². The van der Waals surface area contributed by atoms with Crippen molar-refractivity contribution in [2.45, 2.75) is 6.42 Å². The summed E-state index contributed by atoms with van der Waals surface area (Å²) in [5.74, 6) is -0.256. The van der Waals surface area contributed by atoms with Crippen LogP contribution in [0.3, 0.4) is 0 Å². The molecule has 6 heteroatoms. The maximum atomic E-state index is 12.1. The molecule has 2 amide bonds. The quantitative estimate of drug-likeness (QED) is 0.693. The highest BCUT2D eigenvalue weighted by atomic mass is 16.2. The fourth-order valence-electron chi connectivity index (χ4n) is 1.72. The SMILES string of the molecule is Nc1cccnc1C(=O)N1CCNC(=O)CC1. The van der Waals surface area contributed by atoms with Gasteiger partial charge in [0.2, 0.25) is 5.91 Å². The molecule has 0 bridgehead atoms. The molecule has 1 saturated heterocycles. The molecule has 0 radical (unpaired) electrons. The van der Waals surface area contributed by atoms with Gasteiger partial charge in [-0.25, -0.2) is 4.98 Å². The number of carbonyl (C=O) groups is 2. The summed E-state index contributed by atoms with van der Waals surface area (Å²) in [5, 5.41) is 2.71. The molecule has 3 N–H and O–H groups in total. The monoisotopic (exact) mass is 234 g/mol. The van der Waals surface area contributed by atoms with Gasteiger partial charge in [0, 0.05) is 32.3 Å². The van der Waals surface area contributed by atoms with Gasteiger partial charge in [0.25, 0.3) is 5.91 Å². The van der Waals surface area contributed by atoms with Gasteiger partial charge in [0.05, 0.1) is 5.69 Å². The number of hydrogen-bond donors (Lipinski definition) is 2. The Balaban J connectivity index is 2.14. The number of carbonyl (C=O) groups excluding carboxylic acids is 2. The second-order valence-electron chi connectivity index (χ2n) is 3.83. The maximum absolute atomic E-state index is 12.1. The Labute approximate surface area is 98.8 Å². The van der Waals surface area contributed by atoms with Crippen molar-refractivity contribution in [1.29, 1.82) is 0 Å². The average Bonchev–Trinajstić information content (AvgIpc) is 2.54. The third-order valence-electron chi connectivity index (χ3n) is 2.64. The van der Waals surface area contributed by atoms with Gasteiger partial charge in [-0.05, 0) is 12.1 Å². The molecular weight excluding hydrogens is 220 g/mol. The summed E-state index contributed by atoms with van der Waals surface area (Å²) in [4.78, 5) is 28.9. The van der Waals surface area contributed by atoms with E-state index < -0.39 is 0 Å². The Morgan fingerprint density at radius 3 is 3.06 bits per heavy atom. The fraction of sp³-hybridized carbons (Fsp3) is 0.364. The lowest BCUT2D eigenvalue weighted by Crippen LogP contribution is -2.35. The molecule has 0 aliphatic carbocycles. The van der Waals surface area contributed by atoms with E-state index in [1.807, 2.05) is 0 Å². The standard InChI is InChI=1S/C11H14N4O2/c12-8-2-1-4-14-10(8)11(17)15-6-3-9(16)13-5-7-15/h1-2,4H,3,5-7,12H2,(H,13,16). The highest BCUT2D eigenvalue weighted by Crippen LogP contribution is 2.11. The van der Waals surface area contributed by atoms with Crippen LogP contribution >= 0.6 is 0 Å². The fourth-order valence-corrected chi connectivity index (χ4v) is 1.72. The molecule has 0 atom stereocenters. The number of pyridine rings is 1. The molecular formula is C11H14N4O2. The number of aromatic nitrogens is 1. The van der Waals surface area contributed by atoms with E-state index in [2.05, 4.69) is 10.3 Å². The average molecular weight is 234 g/mol. The van der Waals surface area contributed by atoms with E-state index >= 15 is 0 Å². The van der Waals surface area contributed by atoms with Crippen LogP contribution in [0.4, 0.5) is 5.69 Å². The first-order chi connectivity index (χ1) is 8.18. The summed E-state index contributed by atoms with van der Waals surface area (Å²) in [6.45, 7) is 1.36. The van der Waals surface area contributed by atoms with Crippen LogP contribution in [-0.2, 0) is 4.79 Å². The van der Waals surface area contributed by atoms with Crippen molar-refractivity contribution in [1.82, 2.24) is 15.2 Å². The van der Waals surface area contributed by atoms with Gasteiger partial charge in [-0.1, -0.05) is 0 Å². The van der Waals surface area contributed by atoms with Crippen LogP contribution in [0.2, 0.25) is 0 Å². The third kappa shape index (κ3) is 2.52. The first kappa shape index (κ1) is 11.4. The highest BCUT2D eigenvalue weighted by Gasteiger charge is 2.21. The molecule has 2 rings (SSSR count). The van der Waals surface area contributed by atoms with Crippen molar-refractivity contribution in [3.63, 3.8) is 0 Å². The normalized spacial score (nSPS) is 16.2. The molecule has 0 spiro atoms. The second kappa shape index (κ2) is 4.82. The largest absolute Gasteiger partial charge is 0.397 e. The highest BCUT2D eigenvalue weighted by molar-refractivity contribution is 5.97. The lowest BCUT2D eigenvalue weighted by Gasteiger charge is -2.19. The Bertz CT molecular complexity index is 447. The Morgan fingerprint density at radius 2 is 2.29 bits per heavy atom. The molecule has 1 aromatic heterocycles. The number of nitrogens with zero attached hydrogens (tertiary/aromatic N) is 2. The van der Waals surface area contributed by atoms with Crippen molar-refractivity contribution in [3.8, 4) is 0 Å². The molecule has 1 aliphatic rings. The minimum atomic E-state index is -0.223. The topological polar surface area (TPSA) is 88.3 Å². The molecule has 6 nitrogen and oxygen atoms in total. The van der Waals surface area contributed by atoms with Crippen LogP contribution in [0, 0.1) is 0 Å². The minimum absolute atomic E-state index is 0.0331. The molecule has 17 heavy (non-hydrogen) atoms. The lowest BCUT2D eigenvalue weighted by atomic mass is 10.2. The number of amides is 2.